The highest BCUT2D eigenvalue weighted by atomic mass is 16.5. The van der Waals surface area contributed by atoms with E-state index >= 15 is 0 Å². The van der Waals surface area contributed by atoms with Crippen molar-refractivity contribution < 1.29 is 4.74 Å². The number of benzene rings is 8. The van der Waals surface area contributed by atoms with Crippen LogP contribution in [0.2, 0.25) is 0 Å². The molecule has 1 radical (unpaired) electrons. The van der Waals surface area contributed by atoms with E-state index in [1.54, 1.807) is 0 Å². The summed E-state index contributed by atoms with van der Waals surface area (Å²) < 4.78 is 9.21. The Hall–Kier alpha value is -7.04. The smallest absolute Gasteiger partial charge is 0.197 e. The highest BCUT2D eigenvalue weighted by Crippen LogP contribution is 2.46. The number of fused-ring (bicyclic) bond motifs is 8. The fraction of sp³-hybridized carbons (Fsp3) is 0.0196. The largest absolute Gasteiger partial charge is 0.456 e. The first-order chi connectivity index (χ1) is 27.1. The maximum atomic E-state index is 6.73. The molecular weight excluding hydrogens is 667 g/mol. The van der Waals surface area contributed by atoms with Gasteiger partial charge in [0.1, 0.15) is 11.5 Å². The summed E-state index contributed by atoms with van der Waals surface area (Å²) >= 11 is 0. The second-order valence-corrected chi connectivity index (χ2v) is 14.6. The maximum absolute atomic E-state index is 6.73. The zero-order valence-corrected chi connectivity index (χ0v) is 30.3. The minimum absolute atomic E-state index is 0.804. The van der Waals surface area contributed by atoms with Gasteiger partial charge >= 0.3 is 0 Å². The number of aryl methyl sites for hydroxylation is 1. The third-order valence-electron chi connectivity index (χ3n) is 11.2. The van der Waals surface area contributed by atoms with Crippen LogP contribution in [-0.2, 0) is 0 Å². The molecule has 2 aliphatic heterocycles. The van der Waals surface area contributed by atoms with E-state index in [-0.39, 0.29) is 0 Å². The summed E-state index contributed by atoms with van der Waals surface area (Å²) in [6.07, 6.45) is 2.06. The lowest BCUT2D eigenvalue weighted by atomic mass is 9.58. The molecule has 3 heterocycles. The van der Waals surface area contributed by atoms with Crippen LogP contribution in [0.15, 0.2) is 176 Å². The summed E-state index contributed by atoms with van der Waals surface area (Å²) in [5, 5.41) is 8.72. The van der Waals surface area contributed by atoms with Gasteiger partial charge in [0.25, 0.3) is 0 Å². The van der Waals surface area contributed by atoms with E-state index in [1.165, 1.54) is 54.8 Å². The molecule has 2 aliphatic rings. The van der Waals surface area contributed by atoms with Crippen LogP contribution in [0.4, 0.5) is 11.4 Å². The van der Waals surface area contributed by atoms with Crippen LogP contribution in [0.5, 0.6) is 5.75 Å². The van der Waals surface area contributed by atoms with Gasteiger partial charge in [0.15, 0.2) is 7.28 Å². The number of allylic oxidation sites excluding steroid dienone is 2. The van der Waals surface area contributed by atoms with Crippen LogP contribution < -0.4 is 21.0 Å². The quantitative estimate of drug-likeness (QED) is 0.181. The van der Waals surface area contributed by atoms with Crippen LogP contribution in [0.3, 0.4) is 0 Å². The zero-order valence-electron chi connectivity index (χ0n) is 30.3. The molecule has 3 nitrogen and oxygen atoms in total. The van der Waals surface area contributed by atoms with Gasteiger partial charge in [-0.25, -0.2) is 0 Å². The van der Waals surface area contributed by atoms with Gasteiger partial charge in [-0.2, -0.15) is 0 Å². The van der Waals surface area contributed by atoms with Crippen LogP contribution in [0.1, 0.15) is 16.7 Å². The topological polar surface area (TPSA) is 26.2 Å². The monoisotopic (exact) mass is 701 g/mol. The second kappa shape index (κ2) is 12.3. The molecule has 8 aromatic carbocycles. The summed E-state index contributed by atoms with van der Waals surface area (Å²) in [4.78, 5) is 0. The van der Waals surface area contributed by atoms with Gasteiger partial charge in [-0.05, 0) is 81.8 Å². The summed E-state index contributed by atoms with van der Waals surface area (Å²) in [6.45, 7) is 6.64. The first-order valence-corrected chi connectivity index (χ1v) is 18.8. The van der Waals surface area contributed by atoms with Gasteiger partial charge in [-0.1, -0.05) is 145 Å². The SMILES string of the molecule is C=C1C=C(c2ccccc2)Oc2cc3c(cc21)[B]c1c(-c2ccccc2Nc2ccc(C)cc2)cc(-c2ccccc2)c2c4c5ccccc5ccc4n-3c12. The highest BCUT2D eigenvalue weighted by molar-refractivity contribution is 6.74. The third kappa shape index (κ3) is 4.99. The molecule has 0 aliphatic carbocycles. The van der Waals surface area contributed by atoms with Crippen LogP contribution in [0, 0.1) is 6.92 Å². The minimum Gasteiger partial charge on any atom is -0.456 e. The fourth-order valence-electron chi connectivity index (χ4n) is 8.60. The predicted molar refractivity (Wildman–Crippen MR) is 233 cm³/mol. The number of anilines is 2. The fourth-order valence-corrected chi connectivity index (χ4v) is 8.60. The van der Waals surface area contributed by atoms with Gasteiger partial charge in [0.05, 0.1) is 5.52 Å². The molecule has 0 saturated heterocycles. The number of hydrogen-bond acceptors (Lipinski definition) is 2. The minimum atomic E-state index is 0.804. The molecule has 257 valence electrons. The van der Waals surface area contributed by atoms with E-state index in [0.717, 1.165) is 61.8 Å². The number of para-hydroxylation sites is 1. The van der Waals surface area contributed by atoms with Crippen LogP contribution in [-0.4, -0.2) is 11.8 Å². The van der Waals surface area contributed by atoms with E-state index in [2.05, 4.69) is 182 Å². The predicted octanol–water partition coefficient (Wildman–Crippen LogP) is 11.7. The number of nitrogens with zero attached hydrogens (tertiary/aromatic N) is 1. The Balaban J connectivity index is 1.24. The second-order valence-electron chi connectivity index (χ2n) is 14.6. The Morgan fingerprint density at radius 1 is 0.618 bits per heavy atom. The standard InChI is InChI=1S/C51H34BN2O/c1-31-21-24-36(25-22-31)53-43-20-12-11-19-38(43)41-28-40(33-13-5-3-6-14-33)49-48-37-18-10-9-15-34(37)23-26-44(48)54-45-30-47-39(29-42(45)52-50(41)51(49)54)32(2)27-46(55-47)35-16-7-4-8-17-35/h3-30,53H,2H2,1H3. The number of aromatic nitrogens is 1. The van der Waals surface area contributed by atoms with Crippen molar-refractivity contribution in [2.45, 2.75) is 6.92 Å². The third-order valence-corrected chi connectivity index (χ3v) is 11.2. The lowest BCUT2D eigenvalue weighted by Crippen LogP contribution is -2.38. The number of hydrogen-bond donors (Lipinski definition) is 1. The van der Waals surface area contributed by atoms with Crippen LogP contribution >= 0.6 is 0 Å². The Morgan fingerprint density at radius 3 is 2.16 bits per heavy atom. The first-order valence-electron chi connectivity index (χ1n) is 18.8. The van der Waals surface area contributed by atoms with Crippen LogP contribution in [0.25, 0.3) is 71.9 Å². The molecule has 11 rings (SSSR count). The summed E-state index contributed by atoms with van der Waals surface area (Å²) in [5.74, 6) is 1.61. The molecule has 0 unspecified atom stereocenters. The van der Waals surface area contributed by atoms with Crippen molar-refractivity contribution in [3.05, 3.63) is 193 Å². The first kappa shape index (κ1) is 31.5. The molecule has 0 spiro atoms. The summed E-state index contributed by atoms with van der Waals surface area (Å²) in [5.41, 5.74) is 16.7. The Bertz CT molecular complexity index is 3070. The van der Waals surface area contributed by atoms with Gasteiger partial charge in [0.2, 0.25) is 0 Å². The van der Waals surface area contributed by atoms with Crippen molar-refractivity contribution in [1.29, 1.82) is 0 Å². The van der Waals surface area contributed by atoms with E-state index in [0.29, 0.717) is 0 Å². The Labute approximate surface area is 320 Å². The molecule has 0 bridgehead atoms. The summed E-state index contributed by atoms with van der Waals surface area (Å²) in [7, 11) is 2.38. The lowest BCUT2D eigenvalue weighted by Gasteiger charge is -2.28. The van der Waals surface area contributed by atoms with Crippen molar-refractivity contribution in [2.24, 2.45) is 0 Å². The Kier molecular flexibility index (Phi) is 7.02. The van der Waals surface area contributed by atoms with Crippen molar-refractivity contribution >= 4 is 73.5 Å². The molecule has 1 aromatic heterocycles. The van der Waals surface area contributed by atoms with Gasteiger partial charge in [-0.15, -0.1) is 0 Å². The normalized spacial score (nSPS) is 12.9. The molecule has 0 atom stereocenters. The van der Waals surface area contributed by atoms with Crippen molar-refractivity contribution in [3.63, 3.8) is 0 Å². The van der Waals surface area contributed by atoms with Gasteiger partial charge < -0.3 is 14.6 Å². The average molecular weight is 702 g/mol. The molecule has 9 aromatic rings. The number of nitrogens with one attached hydrogen (secondary N) is 1. The Morgan fingerprint density at radius 2 is 1.35 bits per heavy atom. The van der Waals surface area contributed by atoms with E-state index in [1.807, 2.05) is 18.2 Å². The molecule has 0 amide bonds. The highest BCUT2D eigenvalue weighted by Gasteiger charge is 2.31. The molecule has 1 N–H and O–H groups in total. The van der Waals surface area contributed by atoms with Crippen molar-refractivity contribution in [2.75, 3.05) is 5.32 Å². The zero-order chi connectivity index (χ0) is 36.6. The number of rotatable bonds is 5. The molecule has 4 heteroatoms. The maximum Gasteiger partial charge on any atom is 0.197 e. The molecule has 0 fully saturated rings. The summed E-state index contributed by atoms with van der Waals surface area (Å²) in [6, 6.07) is 58.6. The van der Waals surface area contributed by atoms with E-state index < -0.39 is 0 Å². The molecule has 0 saturated carbocycles. The molecular formula is C51H34BN2O. The van der Waals surface area contributed by atoms with E-state index in [4.69, 9.17) is 4.74 Å². The average Bonchev–Trinajstić information content (AvgIpc) is 3.59. The van der Waals surface area contributed by atoms with E-state index in [9.17, 15) is 0 Å². The lowest BCUT2D eigenvalue weighted by molar-refractivity contribution is 0.509. The van der Waals surface area contributed by atoms with Gasteiger partial charge in [-0.3, -0.25) is 0 Å². The van der Waals surface area contributed by atoms with Gasteiger partial charge in [0, 0.05) is 56.1 Å². The van der Waals surface area contributed by atoms with Crippen molar-refractivity contribution in [1.82, 2.24) is 4.57 Å². The molecule has 55 heavy (non-hydrogen) atoms. The van der Waals surface area contributed by atoms with Crippen molar-refractivity contribution in [3.8, 4) is 33.7 Å². The number of ether oxygens (including phenoxy) is 1.